The molecule has 0 aromatic rings. The van der Waals surface area contributed by atoms with Gasteiger partial charge in [0.05, 0.1) is 5.75 Å². The Morgan fingerprint density at radius 1 is 1.46 bits per heavy atom. The molecule has 13 heavy (non-hydrogen) atoms. The molecule has 0 spiro atoms. The van der Waals surface area contributed by atoms with E-state index in [9.17, 15) is 8.42 Å². The molecule has 0 atom stereocenters. The third kappa shape index (κ3) is 5.64. The lowest BCUT2D eigenvalue weighted by atomic mass is 10.2. The first kappa shape index (κ1) is 12.4. The van der Waals surface area contributed by atoms with Crippen LogP contribution in [0.25, 0.3) is 0 Å². The zero-order valence-corrected chi connectivity index (χ0v) is 8.85. The topological polar surface area (TPSA) is 52.6 Å². The molecule has 0 aromatic carbocycles. The second-order valence-electron chi connectivity index (χ2n) is 3.07. The van der Waals surface area contributed by atoms with Gasteiger partial charge in [0.1, 0.15) is 0 Å². The minimum Gasteiger partial charge on any atom is -0.201 e. The number of hydrogen-bond acceptors (Lipinski definition) is 4. The Labute approximate surface area is 79.3 Å². The van der Waals surface area contributed by atoms with Crippen molar-refractivity contribution in [3.63, 3.8) is 0 Å². The second kappa shape index (κ2) is 4.61. The number of hydrogen-bond donors (Lipinski definition) is 0. The molecule has 0 fully saturated rings. The average molecular weight is 206 g/mol. The highest BCUT2D eigenvalue weighted by Gasteiger charge is 2.20. The van der Waals surface area contributed by atoms with Gasteiger partial charge in [0.15, 0.2) is 5.60 Å². The molecule has 0 aliphatic rings. The Kier molecular flexibility index (Phi) is 4.40. The molecule has 0 amide bonds. The first-order valence-electron chi connectivity index (χ1n) is 3.91. The van der Waals surface area contributed by atoms with E-state index in [0.29, 0.717) is 6.42 Å². The third-order valence-corrected chi connectivity index (χ3v) is 2.33. The summed E-state index contributed by atoms with van der Waals surface area (Å²) >= 11 is 0. The molecule has 0 saturated heterocycles. The van der Waals surface area contributed by atoms with Crippen LogP contribution in [0.15, 0.2) is 0 Å². The maximum absolute atomic E-state index is 11.0. The van der Waals surface area contributed by atoms with Crippen LogP contribution in [-0.2, 0) is 19.3 Å². The lowest BCUT2D eigenvalue weighted by molar-refractivity contribution is -0.256. The summed E-state index contributed by atoms with van der Waals surface area (Å²) in [6.07, 6.45) is 5.53. The van der Waals surface area contributed by atoms with Crippen molar-refractivity contribution in [2.24, 2.45) is 0 Å². The van der Waals surface area contributed by atoms with Crippen molar-refractivity contribution in [1.82, 2.24) is 0 Å². The fraction of sp³-hybridized carbons (Fsp3) is 0.750. The summed E-state index contributed by atoms with van der Waals surface area (Å²) < 4.78 is 26.2. The van der Waals surface area contributed by atoms with Crippen molar-refractivity contribution in [2.45, 2.75) is 32.8 Å². The summed E-state index contributed by atoms with van der Waals surface area (Å²) in [5.74, 6) is 2.17. The monoisotopic (exact) mass is 206 g/mol. The van der Waals surface area contributed by atoms with Crippen molar-refractivity contribution in [2.75, 3.05) is 5.75 Å². The van der Waals surface area contributed by atoms with Crippen LogP contribution in [0, 0.1) is 12.3 Å². The van der Waals surface area contributed by atoms with E-state index in [1.807, 2.05) is 0 Å². The van der Waals surface area contributed by atoms with Crippen molar-refractivity contribution in [3.05, 3.63) is 0 Å². The minimum absolute atomic E-state index is 0.0757. The van der Waals surface area contributed by atoms with Gasteiger partial charge in [-0.15, -0.1) is 10.8 Å². The van der Waals surface area contributed by atoms with Crippen LogP contribution in [0.1, 0.15) is 27.2 Å². The Bertz CT molecular complexity index is 284. The predicted octanol–water partition coefficient (Wildman–Crippen LogP) is 1.09. The molecule has 0 N–H and O–H groups in total. The smallest absolute Gasteiger partial charge is 0.201 e. The SMILES string of the molecule is C#CC(C)(C)OOS(=O)(=O)CCC. The standard InChI is InChI=1S/C8H14O4S/c1-5-7-13(9,10)12-11-8(3,4)6-2/h2H,5,7H2,1,3-4H3. The van der Waals surface area contributed by atoms with Gasteiger partial charge in [-0.3, -0.25) is 0 Å². The van der Waals surface area contributed by atoms with E-state index in [1.54, 1.807) is 6.92 Å². The van der Waals surface area contributed by atoms with Gasteiger partial charge in [-0.05, 0) is 20.3 Å². The van der Waals surface area contributed by atoms with E-state index in [1.165, 1.54) is 13.8 Å². The third-order valence-electron chi connectivity index (χ3n) is 1.15. The van der Waals surface area contributed by atoms with Gasteiger partial charge in [0, 0.05) is 0 Å². The molecule has 0 aliphatic heterocycles. The fourth-order valence-corrected chi connectivity index (χ4v) is 1.29. The lowest BCUT2D eigenvalue weighted by Crippen LogP contribution is -2.24. The van der Waals surface area contributed by atoms with Gasteiger partial charge < -0.3 is 0 Å². The summed E-state index contributed by atoms with van der Waals surface area (Å²) in [6.45, 7) is 4.80. The summed E-state index contributed by atoms with van der Waals surface area (Å²) in [6, 6.07) is 0. The Hall–Kier alpha value is -0.570. The molecule has 5 heteroatoms. The van der Waals surface area contributed by atoms with Gasteiger partial charge >= 0.3 is 0 Å². The van der Waals surface area contributed by atoms with E-state index in [4.69, 9.17) is 6.42 Å². The number of terminal acetylenes is 1. The minimum atomic E-state index is -3.59. The summed E-state index contributed by atoms with van der Waals surface area (Å²) in [4.78, 5) is 4.57. The normalized spacial score (nSPS) is 12.5. The highest BCUT2D eigenvalue weighted by molar-refractivity contribution is 7.86. The van der Waals surface area contributed by atoms with Gasteiger partial charge in [-0.2, -0.15) is 8.42 Å². The predicted molar refractivity (Wildman–Crippen MR) is 49.2 cm³/mol. The largest absolute Gasteiger partial charge is 0.293 e. The second-order valence-corrected chi connectivity index (χ2v) is 4.73. The van der Waals surface area contributed by atoms with E-state index >= 15 is 0 Å². The first-order valence-corrected chi connectivity index (χ1v) is 5.48. The van der Waals surface area contributed by atoms with Crippen LogP contribution in [0.2, 0.25) is 0 Å². The zero-order chi connectivity index (χ0) is 10.5. The highest BCUT2D eigenvalue weighted by atomic mass is 32.2. The first-order chi connectivity index (χ1) is 5.83. The van der Waals surface area contributed by atoms with E-state index in [2.05, 4.69) is 15.1 Å². The van der Waals surface area contributed by atoms with Crippen LogP contribution in [0.3, 0.4) is 0 Å². The van der Waals surface area contributed by atoms with Crippen LogP contribution in [0.5, 0.6) is 0 Å². The summed E-state index contributed by atoms with van der Waals surface area (Å²) in [5.41, 5.74) is -1.03. The van der Waals surface area contributed by atoms with Gasteiger partial charge in [0.2, 0.25) is 0 Å². The maximum atomic E-state index is 11.0. The van der Waals surface area contributed by atoms with Gasteiger partial charge in [0.25, 0.3) is 10.1 Å². The number of rotatable bonds is 5. The fourth-order valence-electron chi connectivity index (χ4n) is 0.445. The molecular formula is C8H14O4S. The quantitative estimate of drug-likeness (QED) is 0.384. The molecule has 0 rings (SSSR count). The van der Waals surface area contributed by atoms with Crippen LogP contribution in [0.4, 0.5) is 0 Å². The van der Waals surface area contributed by atoms with Gasteiger partial charge in [-0.1, -0.05) is 12.8 Å². The van der Waals surface area contributed by atoms with Crippen molar-refractivity contribution >= 4 is 10.1 Å². The van der Waals surface area contributed by atoms with E-state index < -0.39 is 15.7 Å². The molecule has 0 heterocycles. The van der Waals surface area contributed by atoms with Crippen LogP contribution >= 0.6 is 0 Å². The van der Waals surface area contributed by atoms with E-state index in [0.717, 1.165) is 0 Å². The molecule has 0 aromatic heterocycles. The average Bonchev–Trinajstić information content (AvgIpc) is 2.02. The zero-order valence-electron chi connectivity index (χ0n) is 8.03. The molecule has 0 radical (unpaired) electrons. The molecule has 0 bridgehead atoms. The Balaban J connectivity index is 4.12. The van der Waals surface area contributed by atoms with Crippen LogP contribution in [-0.4, -0.2) is 19.8 Å². The molecule has 76 valence electrons. The Morgan fingerprint density at radius 3 is 2.38 bits per heavy atom. The summed E-state index contributed by atoms with van der Waals surface area (Å²) in [5, 5.41) is 0. The van der Waals surface area contributed by atoms with E-state index in [-0.39, 0.29) is 5.75 Å². The maximum Gasteiger partial charge on any atom is 0.293 e. The van der Waals surface area contributed by atoms with Crippen LogP contribution < -0.4 is 0 Å². The van der Waals surface area contributed by atoms with Crippen molar-refractivity contribution < 1.29 is 17.6 Å². The van der Waals surface area contributed by atoms with Crippen molar-refractivity contribution in [1.29, 1.82) is 0 Å². The van der Waals surface area contributed by atoms with Crippen molar-refractivity contribution in [3.8, 4) is 12.3 Å². The lowest BCUT2D eigenvalue weighted by Gasteiger charge is -2.15. The molecule has 0 saturated carbocycles. The summed E-state index contributed by atoms with van der Waals surface area (Å²) in [7, 11) is -3.59. The molecular weight excluding hydrogens is 192 g/mol. The van der Waals surface area contributed by atoms with Gasteiger partial charge in [-0.25, -0.2) is 4.89 Å². The molecule has 4 nitrogen and oxygen atoms in total. The molecule has 0 aliphatic carbocycles. The molecule has 0 unspecified atom stereocenters. The Morgan fingerprint density at radius 2 is 2.00 bits per heavy atom. The highest BCUT2D eigenvalue weighted by Crippen LogP contribution is 2.10.